The first kappa shape index (κ1) is 19.5. The van der Waals surface area contributed by atoms with Crippen LogP contribution >= 0.6 is 11.3 Å². The van der Waals surface area contributed by atoms with Crippen LogP contribution in [0.1, 0.15) is 17.7 Å². The van der Waals surface area contributed by atoms with Crippen LogP contribution in [0.4, 0.5) is 11.4 Å². The third-order valence-corrected chi connectivity index (χ3v) is 7.72. The van der Waals surface area contributed by atoms with Gasteiger partial charge in [0.05, 0.1) is 10.8 Å². The number of rotatable bonds is 5. The summed E-state index contributed by atoms with van der Waals surface area (Å²) in [5.74, 6) is -0.841. The number of thiophene rings is 1. The number of carbonyl (C=O) groups is 1. The molecule has 0 radical (unpaired) electrons. The fourth-order valence-corrected chi connectivity index (χ4v) is 5.96. The first-order valence-electron chi connectivity index (χ1n) is 8.39. The minimum absolute atomic E-state index is 0.0973. The minimum atomic E-state index is -3.62. The van der Waals surface area contributed by atoms with Gasteiger partial charge in [0.15, 0.2) is 0 Å². The van der Waals surface area contributed by atoms with Gasteiger partial charge in [-0.2, -0.15) is 4.31 Å². The van der Waals surface area contributed by atoms with E-state index >= 15 is 0 Å². The van der Waals surface area contributed by atoms with Crippen molar-refractivity contribution < 1.29 is 18.1 Å². The summed E-state index contributed by atoms with van der Waals surface area (Å²) in [6, 6.07) is 9.02. The van der Waals surface area contributed by atoms with Gasteiger partial charge in [-0.25, -0.2) is 8.42 Å². The van der Waals surface area contributed by atoms with Crippen molar-refractivity contribution in [2.75, 3.05) is 18.4 Å². The minimum Gasteiger partial charge on any atom is -0.326 e. The largest absolute Gasteiger partial charge is 0.326 e. The molecule has 1 aromatic heterocycles. The molecule has 144 valence electrons. The lowest BCUT2D eigenvalue weighted by atomic mass is 9.98. The van der Waals surface area contributed by atoms with Crippen molar-refractivity contribution in [3.05, 3.63) is 51.4 Å². The predicted octanol–water partition coefficient (Wildman–Crippen LogP) is 3.00. The molecular formula is C17H19N3O5S2. The van der Waals surface area contributed by atoms with Crippen molar-refractivity contribution in [1.29, 1.82) is 0 Å². The number of carbonyl (C=O) groups excluding carboxylic acids is 1. The summed E-state index contributed by atoms with van der Waals surface area (Å²) in [4.78, 5) is 23.8. The first-order valence-corrected chi connectivity index (χ1v) is 10.6. The number of nitro benzene ring substituents is 1. The average Bonchev–Trinajstić information content (AvgIpc) is 3.09. The second-order valence-electron chi connectivity index (χ2n) is 6.36. The van der Waals surface area contributed by atoms with Crippen molar-refractivity contribution in [2.24, 2.45) is 5.92 Å². The number of non-ortho nitro benzene ring substituents is 1. The number of hydrogen-bond acceptors (Lipinski definition) is 6. The second-order valence-corrected chi connectivity index (χ2v) is 9.82. The number of benzene rings is 1. The van der Waals surface area contributed by atoms with Gasteiger partial charge in [0.25, 0.3) is 15.7 Å². The lowest BCUT2D eigenvalue weighted by molar-refractivity contribution is -0.384. The fraction of sp³-hybridized carbons (Fsp3) is 0.353. The molecular weight excluding hydrogens is 390 g/mol. The Bertz CT molecular complexity index is 970. The van der Waals surface area contributed by atoms with Gasteiger partial charge in [-0.05, 0) is 38.0 Å². The Morgan fingerprint density at radius 2 is 2.11 bits per heavy atom. The molecule has 10 heteroatoms. The van der Waals surface area contributed by atoms with Gasteiger partial charge in [-0.15, -0.1) is 11.3 Å². The summed E-state index contributed by atoms with van der Waals surface area (Å²) in [5, 5.41) is 13.5. The molecule has 1 aliphatic heterocycles. The Balaban J connectivity index is 1.71. The zero-order chi connectivity index (χ0) is 19.6. The maximum Gasteiger partial charge on any atom is 0.271 e. The van der Waals surface area contributed by atoms with Gasteiger partial charge in [0.2, 0.25) is 5.91 Å². The summed E-state index contributed by atoms with van der Waals surface area (Å²) >= 11 is 1.21. The Kier molecular flexibility index (Phi) is 5.59. The Morgan fingerprint density at radius 1 is 1.33 bits per heavy atom. The highest BCUT2D eigenvalue weighted by atomic mass is 32.2. The highest BCUT2D eigenvalue weighted by Gasteiger charge is 2.34. The van der Waals surface area contributed by atoms with Crippen LogP contribution in [0.2, 0.25) is 0 Å². The summed E-state index contributed by atoms with van der Waals surface area (Å²) in [6.07, 6.45) is 1.15. The lowest BCUT2D eigenvalue weighted by Gasteiger charge is -2.30. The van der Waals surface area contributed by atoms with Crippen molar-refractivity contribution in [3.63, 3.8) is 0 Å². The molecule has 1 unspecified atom stereocenters. The van der Waals surface area contributed by atoms with E-state index in [1.165, 1.54) is 33.8 Å². The van der Waals surface area contributed by atoms with Crippen molar-refractivity contribution >= 4 is 38.6 Å². The van der Waals surface area contributed by atoms with Crippen molar-refractivity contribution in [2.45, 2.75) is 24.0 Å². The Labute approximate surface area is 161 Å². The highest BCUT2D eigenvalue weighted by Crippen LogP contribution is 2.29. The van der Waals surface area contributed by atoms with E-state index in [9.17, 15) is 23.3 Å². The third-order valence-electron chi connectivity index (χ3n) is 4.39. The van der Waals surface area contributed by atoms with Crippen molar-refractivity contribution in [1.82, 2.24) is 4.31 Å². The Morgan fingerprint density at radius 3 is 2.78 bits per heavy atom. The monoisotopic (exact) mass is 409 g/mol. The number of nitro groups is 1. The molecule has 1 aromatic carbocycles. The number of hydrogen-bond donors (Lipinski definition) is 1. The number of amides is 1. The molecule has 2 heterocycles. The molecule has 0 aliphatic carbocycles. The normalized spacial score (nSPS) is 18.2. The van der Waals surface area contributed by atoms with E-state index < -0.39 is 20.9 Å². The second kappa shape index (κ2) is 7.75. The molecule has 1 saturated heterocycles. The van der Waals surface area contributed by atoms with Crippen molar-refractivity contribution in [3.8, 4) is 0 Å². The van der Waals surface area contributed by atoms with E-state index in [1.807, 2.05) is 6.92 Å². The summed E-state index contributed by atoms with van der Waals surface area (Å²) in [6.45, 7) is 2.31. The standard InChI is InChI=1S/C17H19N3O5S2/c1-12-7-8-16(26-12)27(24,25)19-9-3-4-13(11-19)17(21)18-14-5-2-6-15(10-14)20(22)23/h2,5-8,10,13H,3-4,9,11H2,1H3,(H,18,21). The zero-order valence-electron chi connectivity index (χ0n) is 14.6. The van der Waals surface area contributed by atoms with Gasteiger partial charge >= 0.3 is 0 Å². The zero-order valence-corrected chi connectivity index (χ0v) is 16.3. The van der Waals surface area contributed by atoms with Gasteiger partial charge < -0.3 is 5.32 Å². The van der Waals surface area contributed by atoms with Crippen LogP contribution in [-0.2, 0) is 14.8 Å². The van der Waals surface area contributed by atoms with E-state index in [0.717, 1.165) is 4.88 Å². The molecule has 0 saturated carbocycles. The molecule has 1 fully saturated rings. The van der Waals surface area contributed by atoms with Crippen LogP contribution in [-0.4, -0.2) is 36.6 Å². The summed E-state index contributed by atoms with van der Waals surface area (Å²) in [7, 11) is -3.62. The molecule has 8 nitrogen and oxygen atoms in total. The SMILES string of the molecule is Cc1ccc(S(=O)(=O)N2CCCC(C(=O)Nc3cccc([N+](=O)[O-])c3)C2)s1. The molecule has 0 bridgehead atoms. The number of nitrogens with one attached hydrogen (secondary N) is 1. The number of aryl methyl sites for hydroxylation is 1. The average molecular weight is 409 g/mol. The summed E-state index contributed by atoms with van der Waals surface area (Å²) < 4.78 is 27.2. The van der Waals surface area contributed by atoms with Gasteiger partial charge in [-0.3, -0.25) is 14.9 Å². The quantitative estimate of drug-likeness (QED) is 0.603. The van der Waals surface area contributed by atoms with E-state index in [-0.39, 0.29) is 22.3 Å². The maximum absolute atomic E-state index is 12.8. The van der Waals surface area contributed by atoms with Gasteiger partial charge in [0.1, 0.15) is 4.21 Å². The van der Waals surface area contributed by atoms with E-state index in [4.69, 9.17) is 0 Å². The van der Waals surface area contributed by atoms with Crippen LogP contribution < -0.4 is 5.32 Å². The maximum atomic E-state index is 12.8. The Hall–Kier alpha value is -2.30. The van der Waals surface area contributed by atoms with E-state index in [0.29, 0.717) is 25.1 Å². The van der Waals surface area contributed by atoms with Crippen LogP contribution in [0.25, 0.3) is 0 Å². The molecule has 0 spiro atoms. The van der Waals surface area contributed by atoms with Gasteiger partial charge in [0, 0.05) is 35.8 Å². The molecule has 1 amide bonds. The molecule has 1 atom stereocenters. The number of anilines is 1. The smallest absolute Gasteiger partial charge is 0.271 e. The summed E-state index contributed by atoms with van der Waals surface area (Å²) in [5.41, 5.74) is 0.205. The van der Waals surface area contributed by atoms with E-state index in [1.54, 1.807) is 18.2 Å². The molecule has 2 aromatic rings. The van der Waals surface area contributed by atoms with Crippen LogP contribution in [0.15, 0.2) is 40.6 Å². The lowest BCUT2D eigenvalue weighted by Crippen LogP contribution is -2.43. The number of piperidine rings is 1. The highest BCUT2D eigenvalue weighted by molar-refractivity contribution is 7.91. The number of sulfonamides is 1. The first-order chi connectivity index (χ1) is 12.8. The third kappa shape index (κ3) is 4.34. The van der Waals surface area contributed by atoms with Gasteiger partial charge in [-0.1, -0.05) is 6.07 Å². The topological polar surface area (TPSA) is 110 Å². The van der Waals surface area contributed by atoms with Crippen LogP contribution in [0, 0.1) is 23.0 Å². The predicted molar refractivity (Wildman–Crippen MR) is 102 cm³/mol. The van der Waals surface area contributed by atoms with E-state index in [2.05, 4.69) is 5.32 Å². The fourth-order valence-electron chi connectivity index (χ4n) is 2.99. The number of nitrogens with zero attached hydrogens (tertiary/aromatic N) is 2. The van der Waals surface area contributed by atoms with Crippen LogP contribution in [0.5, 0.6) is 0 Å². The molecule has 1 N–H and O–H groups in total. The molecule has 3 rings (SSSR count). The molecule has 27 heavy (non-hydrogen) atoms. The van der Waals surface area contributed by atoms with Crippen LogP contribution in [0.3, 0.4) is 0 Å². The molecule has 1 aliphatic rings.